The second-order valence-corrected chi connectivity index (χ2v) is 7.90. The van der Waals surface area contributed by atoms with E-state index in [1.165, 1.54) is 30.5 Å². The molecule has 0 saturated heterocycles. The minimum Gasteiger partial charge on any atom is -0.506 e. The molecule has 0 unspecified atom stereocenters. The van der Waals surface area contributed by atoms with E-state index in [-0.39, 0.29) is 11.3 Å². The van der Waals surface area contributed by atoms with Crippen LogP contribution in [-0.4, -0.2) is 41.4 Å². The molecule has 5 N–H and O–H groups in total. The fourth-order valence-corrected chi connectivity index (χ4v) is 3.75. The molecule has 0 amide bonds. The quantitative estimate of drug-likeness (QED) is 0.272. The van der Waals surface area contributed by atoms with Gasteiger partial charge in [-0.2, -0.15) is 0 Å². The average molecular weight is 424 g/mol. The number of hydrogen-bond acceptors (Lipinski definition) is 5. The van der Waals surface area contributed by atoms with Crippen molar-refractivity contribution >= 4 is 10.9 Å². The Balaban J connectivity index is 1.26. The first-order chi connectivity index (χ1) is 15.1. The highest BCUT2D eigenvalue weighted by atomic mass is 16.3. The Bertz CT molecular complexity index is 988. The van der Waals surface area contributed by atoms with Gasteiger partial charge in [0.25, 0.3) is 0 Å². The molecule has 0 aliphatic rings. The van der Waals surface area contributed by atoms with Crippen molar-refractivity contribution in [3.8, 4) is 5.75 Å². The van der Waals surface area contributed by atoms with Gasteiger partial charge in [0, 0.05) is 18.0 Å². The molecule has 0 saturated carbocycles. The predicted octanol–water partition coefficient (Wildman–Crippen LogP) is 3.25. The largest absolute Gasteiger partial charge is 0.506 e. The van der Waals surface area contributed by atoms with Gasteiger partial charge >= 0.3 is 0 Å². The molecule has 0 radical (unpaired) electrons. The van der Waals surface area contributed by atoms with Crippen molar-refractivity contribution < 1.29 is 10.2 Å². The molecule has 3 rings (SSSR count). The minimum atomic E-state index is -0.706. The lowest BCUT2D eigenvalue weighted by Gasteiger charge is -2.15. The van der Waals surface area contributed by atoms with E-state index in [4.69, 9.17) is 0 Å². The molecule has 0 bridgehead atoms. The maximum atomic E-state index is 11.5. The Morgan fingerprint density at radius 1 is 0.839 bits per heavy atom. The van der Waals surface area contributed by atoms with Gasteiger partial charge in [0.2, 0.25) is 5.56 Å². The van der Waals surface area contributed by atoms with E-state index < -0.39 is 6.10 Å². The molecule has 0 fully saturated rings. The summed E-state index contributed by atoms with van der Waals surface area (Å²) in [6, 6.07) is 16.8. The molecule has 1 heterocycles. The van der Waals surface area contributed by atoms with Gasteiger partial charge in [-0.3, -0.25) is 4.79 Å². The topological polar surface area (TPSA) is 97.4 Å². The summed E-state index contributed by atoms with van der Waals surface area (Å²) in [7, 11) is 0. The first-order valence-electron chi connectivity index (χ1n) is 11.1. The number of nitrogens with one attached hydrogen (secondary N) is 3. The lowest BCUT2D eigenvalue weighted by atomic mass is 10.0. The third-order valence-corrected chi connectivity index (χ3v) is 5.49. The van der Waals surface area contributed by atoms with Crippen molar-refractivity contribution in [3.05, 3.63) is 76.1 Å². The number of aliphatic hydroxyl groups excluding tert-OH is 1. The fraction of sp³-hybridized carbons (Fsp3) is 0.400. The van der Waals surface area contributed by atoms with Crippen molar-refractivity contribution in [2.75, 3.05) is 26.2 Å². The average Bonchev–Trinajstić information content (AvgIpc) is 2.78. The van der Waals surface area contributed by atoms with Crippen LogP contribution in [0.15, 0.2) is 59.4 Å². The van der Waals surface area contributed by atoms with Crippen LogP contribution in [0.4, 0.5) is 0 Å². The van der Waals surface area contributed by atoms with Crippen LogP contribution in [-0.2, 0) is 6.42 Å². The Labute approximate surface area is 183 Å². The summed E-state index contributed by atoms with van der Waals surface area (Å²) in [5, 5.41) is 28.0. The number of H-pyrrole nitrogens is 1. The number of unbranched alkanes of at least 4 members (excludes halogenated alkanes) is 3. The lowest BCUT2D eigenvalue weighted by Crippen LogP contribution is -2.23. The van der Waals surface area contributed by atoms with Gasteiger partial charge in [0.15, 0.2) is 0 Å². The van der Waals surface area contributed by atoms with E-state index in [1.54, 1.807) is 12.1 Å². The number of fused-ring (bicyclic) bond motifs is 1. The second kappa shape index (κ2) is 12.2. The summed E-state index contributed by atoms with van der Waals surface area (Å²) >= 11 is 0. The standard InChI is InChI=1S/C25H33N3O3/c29-22-12-10-20(21-11-13-24(31)28-25(21)22)23(30)18-27-16-7-2-1-6-15-26-17-14-19-8-4-3-5-9-19/h3-5,8-13,23,26-27,29-30H,1-2,6-7,14-18H2,(H,28,31)/t23-/m0/s1. The maximum absolute atomic E-state index is 11.5. The molecule has 31 heavy (non-hydrogen) atoms. The zero-order chi connectivity index (χ0) is 21.9. The van der Waals surface area contributed by atoms with Crippen LogP contribution in [0.25, 0.3) is 10.9 Å². The lowest BCUT2D eigenvalue weighted by molar-refractivity contribution is 0.176. The van der Waals surface area contributed by atoms with E-state index in [1.807, 2.05) is 6.07 Å². The Morgan fingerprint density at radius 2 is 1.58 bits per heavy atom. The molecule has 0 spiro atoms. The minimum absolute atomic E-state index is 0.00571. The van der Waals surface area contributed by atoms with Gasteiger partial charge in [-0.15, -0.1) is 0 Å². The number of benzene rings is 2. The SMILES string of the molecule is O=c1ccc2c([C@@H](O)CNCCCCCCNCCc3ccccc3)ccc(O)c2[nH]1. The number of aromatic nitrogens is 1. The first-order valence-corrected chi connectivity index (χ1v) is 11.1. The molecular formula is C25H33N3O3. The van der Waals surface area contributed by atoms with Gasteiger partial charge in [-0.25, -0.2) is 0 Å². The van der Waals surface area contributed by atoms with E-state index in [9.17, 15) is 15.0 Å². The molecule has 1 atom stereocenters. The van der Waals surface area contributed by atoms with Crippen LogP contribution in [0.3, 0.4) is 0 Å². The van der Waals surface area contributed by atoms with Crippen LogP contribution in [0.1, 0.15) is 42.9 Å². The summed E-state index contributed by atoms with van der Waals surface area (Å²) in [5.41, 5.74) is 2.15. The smallest absolute Gasteiger partial charge is 0.248 e. The number of pyridine rings is 1. The van der Waals surface area contributed by atoms with Crippen LogP contribution in [0, 0.1) is 0 Å². The molecule has 166 valence electrons. The Morgan fingerprint density at radius 3 is 2.35 bits per heavy atom. The highest BCUT2D eigenvalue weighted by molar-refractivity contribution is 5.87. The zero-order valence-corrected chi connectivity index (χ0v) is 17.9. The first kappa shape index (κ1) is 23.0. The Hall–Kier alpha value is -2.67. The summed E-state index contributed by atoms with van der Waals surface area (Å²) in [5.74, 6) is 0.00571. The van der Waals surface area contributed by atoms with Gasteiger partial charge in [0.05, 0.1) is 11.6 Å². The molecule has 6 heteroatoms. The van der Waals surface area contributed by atoms with Gasteiger partial charge in [-0.1, -0.05) is 49.2 Å². The highest BCUT2D eigenvalue weighted by Gasteiger charge is 2.13. The van der Waals surface area contributed by atoms with E-state index in [0.717, 1.165) is 38.9 Å². The number of aromatic amines is 1. The van der Waals surface area contributed by atoms with Gasteiger partial charge in [-0.05, 0) is 62.2 Å². The maximum Gasteiger partial charge on any atom is 0.248 e. The normalized spacial score (nSPS) is 12.3. The molecule has 0 aliphatic carbocycles. The van der Waals surface area contributed by atoms with Gasteiger partial charge in [0.1, 0.15) is 5.75 Å². The summed E-state index contributed by atoms with van der Waals surface area (Å²) in [6.45, 7) is 3.35. The molecule has 1 aromatic heterocycles. The summed E-state index contributed by atoms with van der Waals surface area (Å²) in [6.07, 6.45) is 4.96. The summed E-state index contributed by atoms with van der Waals surface area (Å²) in [4.78, 5) is 14.1. The highest BCUT2D eigenvalue weighted by Crippen LogP contribution is 2.28. The number of phenolic OH excluding ortho intramolecular Hbond substituents is 1. The number of hydrogen-bond donors (Lipinski definition) is 5. The summed E-state index contributed by atoms with van der Waals surface area (Å²) < 4.78 is 0. The number of aliphatic hydroxyl groups is 1. The fourth-order valence-electron chi connectivity index (χ4n) is 3.75. The third kappa shape index (κ3) is 7.21. The zero-order valence-electron chi connectivity index (χ0n) is 17.9. The van der Waals surface area contributed by atoms with E-state index in [2.05, 4.69) is 39.9 Å². The molecule has 0 aliphatic heterocycles. The molecule has 2 aromatic carbocycles. The molecule has 6 nitrogen and oxygen atoms in total. The molecule has 3 aromatic rings. The van der Waals surface area contributed by atoms with Crippen molar-refractivity contribution in [1.82, 2.24) is 15.6 Å². The Kier molecular flexibility index (Phi) is 9.09. The predicted molar refractivity (Wildman–Crippen MR) is 126 cm³/mol. The van der Waals surface area contributed by atoms with Crippen molar-refractivity contribution in [2.45, 2.75) is 38.2 Å². The monoisotopic (exact) mass is 423 g/mol. The number of aromatic hydroxyl groups is 1. The van der Waals surface area contributed by atoms with Crippen LogP contribution in [0.5, 0.6) is 5.75 Å². The van der Waals surface area contributed by atoms with Crippen LogP contribution >= 0.6 is 0 Å². The molecular weight excluding hydrogens is 390 g/mol. The van der Waals surface area contributed by atoms with Crippen molar-refractivity contribution in [2.24, 2.45) is 0 Å². The van der Waals surface area contributed by atoms with Gasteiger partial charge < -0.3 is 25.8 Å². The number of rotatable bonds is 13. The van der Waals surface area contributed by atoms with Crippen molar-refractivity contribution in [3.63, 3.8) is 0 Å². The van der Waals surface area contributed by atoms with Crippen LogP contribution in [0.2, 0.25) is 0 Å². The van der Waals surface area contributed by atoms with Crippen molar-refractivity contribution in [1.29, 1.82) is 0 Å². The van der Waals surface area contributed by atoms with Crippen LogP contribution < -0.4 is 16.2 Å². The van der Waals surface area contributed by atoms with E-state index >= 15 is 0 Å². The second-order valence-electron chi connectivity index (χ2n) is 7.90. The third-order valence-electron chi connectivity index (χ3n) is 5.49. The number of phenols is 1. The van der Waals surface area contributed by atoms with E-state index in [0.29, 0.717) is 23.0 Å².